The Kier molecular flexibility index (Phi) is 4.74. The summed E-state index contributed by atoms with van der Waals surface area (Å²) >= 11 is 0. The highest BCUT2D eigenvalue weighted by atomic mass is 32.2. The van der Waals surface area contributed by atoms with E-state index < -0.39 is 14.9 Å². The second-order valence-corrected chi connectivity index (χ2v) is 6.17. The molecule has 0 bridgehead atoms. The summed E-state index contributed by atoms with van der Waals surface area (Å²) in [6, 6.07) is 11.5. The average molecular weight is 322 g/mol. The molecule has 0 heterocycles. The molecule has 2 aromatic carbocycles. The van der Waals surface area contributed by atoms with Crippen molar-refractivity contribution in [3.8, 4) is 0 Å². The zero-order valence-corrected chi connectivity index (χ0v) is 12.5. The molecule has 0 fully saturated rings. The number of nitrogens with one attached hydrogen (secondary N) is 1. The molecule has 0 saturated carbocycles. The number of benzene rings is 2. The maximum atomic E-state index is 12.2. The number of nitro groups is 1. The summed E-state index contributed by atoms with van der Waals surface area (Å²) in [5, 5.41) is 10.7. The fraction of sp³-hybridized carbons (Fsp3) is 0.143. The Morgan fingerprint density at radius 2 is 1.86 bits per heavy atom. The van der Waals surface area contributed by atoms with Gasteiger partial charge in [0.25, 0.3) is 15.7 Å². The first kappa shape index (κ1) is 15.9. The molecule has 0 unspecified atom stereocenters. The zero-order valence-electron chi connectivity index (χ0n) is 11.7. The van der Waals surface area contributed by atoms with Crippen LogP contribution in [0.1, 0.15) is 5.56 Å². The Morgan fingerprint density at radius 1 is 1.18 bits per heavy atom. The fourth-order valence-corrected chi connectivity index (χ4v) is 2.88. The summed E-state index contributed by atoms with van der Waals surface area (Å²) < 4.78 is 31.8. The second-order valence-electron chi connectivity index (χ2n) is 4.49. The first-order chi connectivity index (χ1) is 10.4. The third kappa shape index (κ3) is 3.80. The van der Waals surface area contributed by atoms with Crippen molar-refractivity contribution in [1.82, 2.24) is 0 Å². The monoisotopic (exact) mass is 322 g/mol. The minimum absolute atomic E-state index is 0.0684. The molecule has 7 nitrogen and oxygen atoms in total. The van der Waals surface area contributed by atoms with Crippen LogP contribution in [0.25, 0.3) is 0 Å². The van der Waals surface area contributed by atoms with Crippen molar-refractivity contribution in [2.75, 3.05) is 11.8 Å². The van der Waals surface area contributed by atoms with Gasteiger partial charge in [0.2, 0.25) is 0 Å². The van der Waals surface area contributed by atoms with Gasteiger partial charge in [-0.3, -0.25) is 14.8 Å². The van der Waals surface area contributed by atoms with Crippen molar-refractivity contribution in [3.63, 3.8) is 0 Å². The van der Waals surface area contributed by atoms with Crippen LogP contribution in [-0.4, -0.2) is 20.5 Å². The first-order valence-corrected chi connectivity index (χ1v) is 7.76. The number of nitrogens with zero attached hydrogens (tertiary/aromatic N) is 1. The SMILES string of the molecule is COCc1ccc(S(=O)(=O)Nc2cccc([N+](=O)[O-])c2)cc1. The number of anilines is 1. The van der Waals surface area contributed by atoms with Crippen LogP contribution in [0.4, 0.5) is 11.4 Å². The molecule has 8 heteroatoms. The molecule has 2 rings (SSSR count). The van der Waals surface area contributed by atoms with E-state index in [-0.39, 0.29) is 16.3 Å². The molecule has 0 aliphatic rings. The van der Waals surface area contributed by atoms with Gasteiger partial charge in [-0.2, -0.15) is 0 Å². The smallest absolute Gasteiger partial charge is 0.271 e. The largest absolute Gasteiger partial charge is 0.380 e. The maximum Gasteiger partial charge on any atom is 0.271 e. The number of sulfonamides is 1. The van der Waals surface area contributed by atoms with Gasteiger partial charge in [0.15, 0.2) is 0 Å². The van der Waals surface area contributed by atoms with E-state index in [2.05, 4.69) is 4.72 Å². The van der Waals surface area contributed by atoms with Crippen molar-refractivity contribution >= 4 is 21.4 Å². The van der Waals surface area contributed by atoms with E-state index in [0.29, 0.717) is 6.61 Å². The third-order valence-electron chi connectivity index (χ3n) is 2.85. The minimum Gasteiger partial charge on any atom is -0.380 e. The van der Waals surface area contributed by atoms with E-state index in [1.807, 2.05) is 0 Å². The Balaban J connectivity index is 2.23. The molecule has 1 N–H and O–H groups in total. The summed E-state index contributed by atoms with van der Waals surface area (Å²) in [4.78, 5) is 10.2. The number of methoxy groups -OCH3 is 1. The Hall–Kier alpha value is -2.45. The van der Waals surface area contributed by atoms with E-state index in [9.17, 15) is 18.5 Å². The predicted octanol–water partition coefficient (Wildman–Crippen LogP) is 2.54. The summed E-state index contributed by atoms with van der Waals surface area (Å²) in [7, 11) is -2.25. The summed E-state index contributed by atoms with van der Waals surface area (Å²) in [6.07, 6.45) is 0. The van der Waals surface area contributed by atoms with Crippen LogP contribution in [0.2, 0.25) is 0 Å². The van der Waals surface area contributed by atoms with Crippen LogP contribution in [0.3, 0.4) is 0 Å². The highest BCUT2D eigenvalue weighted by Gasteiger charge is 2.15. The van der Waals surface area contributed by atoms with Gasteiger partial charge >= 0.3 is 0 Å². The van der Waals surface area contributed by atoms with Gasteiger partial charge in [0, 0.05) is 19.2 Å². The molecule has 0 amide bonds. The Bertz CT molecular complexity index is 772. The fourth-order valence-electron chi connectivity index (χ4n) is 1.83. The number of non-ortho nitro benzene ring substituents is 1. The standard InChI is InChI=1S/C14H14N2O5S/c1-21-10-11-5-7-14(8-6-11)22(19,20)15-12-3-2-4-13(9-12)16(17)18/h2-9,15H,10H2,1H3. The van der Waals surface area contributed by atoms with Crippen molar-refractivity contribution in [1.29, 1.82) is 0 Å². The van der Waals surface area contributed by atoms with Gasteiger partial charge in [-0.1, -0.05) is 18.2 Å². The highest BCUT2D eigenvalue weighted by molar-refractivity contribution is 7.92. The van der Waals surface area contributed by atoms with E-state index in [1.165, 1.54) is 30.3 Å². The lowest BCUT2D eigenvalue weighted by Crippen LogP contribution is -2.13. The molecule has 22 heavy (non-hydrogen) atoms. The molecular formula is C14H14N2O5S. The normalized spacial score (nSPS) is 11.1. The topological polar surface area (TPSA) is 98.5 Å². The summed E-state index contributed by atoms with van der Waals surface area (Å²) in [6.45, 7) is 0.388. The van der Waals surface area contributed by atoms with E-state index >= 15 is 0 Å². The maximum absolute atomic E-state index is 12.2. The Labute approximate surface area is 127 Å². The summed E-state index contributed by atoms with van der Waals surface area (Å²) in [5.74, 6) is 0. The van der Waals surface area contributed by atoms with Gasteiger partial charge in [-0.15, -0.1) is 0 Å². The lowest BCUT2D eigenvalue weighted by atomic mass is 10.2. The van der Waals surface area contributed by atoms with Gasteiger partial charge in [0.05, 0.1) is 22.1 Å². The van der Waals surface area contributed by atoms with Crippen LogP contribution in [0.15, 0.2) is 53.4 Å². The molecule has 0 aromatic heterocycles. The van der Waals surface area contributed by atoms with E-state index in [0.717, 1.165) is 11.6 Å². The van der Waals surface area contributed by atoms with Crippen molar-refractivity contribution in [2.24, 2.45) is 0 Å². The van der Waals surface area contributed by atoms with Crippen LogP contribution in [-0.2, 0) is 21.4 Å². The minimum atomic E-state index is -3.80. The molecule has 0 aliphatic heterocycles. The molecule has 116 valence electrons. The van der Waals surface area contributed by atoms with Crippen molar-refractivity contribution in [3.05, 3.63) is 64.2 Å². The molecular weight excluding hydrogens is 308 g/mol. The van der Waals surface area contributed by atoms with Crippen molar-refractivity contribution < 1.29 is 18.1 Å². The molecule has 2 aromatic rings. The van der Waals surface area contributed by atoms with E-state index in [4.69, 9.17) is 4.74 Å². The average Bonchev–Trinajstić information content (AvgIpc) is 2.48. The van der Waals surface area contributed by atoms with Crippen LogP contribution in [0, 0.1) is 10.1 Å². The highest BCUT2D eigenvalue weighted by Crippen LogP contribution is 2.21. The zero-order chi connectivity index (χ0) is 16.2. The lowest BCUT2D eigenvalue weighted by molar-refractivity contribution is -0.384. The molecule has 0 atom stereocenters. The number of hydrogen-bond donors (Lipinski definition) is 1. The van der Waals surface area contributed by atoms with Crippen LogP contribution >= 0.6 is 0 Å². The van der Waals surface area contributed by atoms with Gasteiger partial charge in [-0.25, -0.2) is 8.42 Å². The number of rotatable bonds is 6. The third-order valence-corrected chi connectivity index (χ3v) is 4.25. The number of ether oxygens (including phenoxy) is 1. The molecule has 0 aliphatic carbocycles. The quantitative estimate of drug-likeness (QED) is 0.651. The lowest BCUT2D eigenvalue weighted by Gasteiger charge is -2.08. The molecule has 0 saturated heterocycles. The molecule has 0 radical (unpaired) electrons. The van der Waals surface area contributed by atoms with Crippen molar-refractivity contribution in [2.45, 2.75) is 11.5 Å². The van der Waals surface area contributed by atoms with E-state index in [1.54, 1.807) is 19.2 Å². The molecule has 0 spiro atoms. The van der Waals surface area contributed by atoms with Crippen LogP contribution < -0.4 is 4.72 Å². The predicted molar refractivity (Wildman–Crippen MR) is 81.1 cm³/mol. The Morgan fingerprint density at radius 3 is 2.45 bits per heavy atom. The van der Waals surface area contributed by atoms with Gasteiger partial charge < -0.3 is 4.74 Å². The number of hydrogen-bond acceptors (Lipinski definition) is 5. The first-order valence-electron chi connectivity index (χ1n) is 6.27. The summed E-state index contributed by atoms with van der Waals surface area (Å²) in [5.41, 5.74) is 0.794. The number of nitro benzene ring substituents is 1. The van der Waals surface area contributed by atoms with Gasteiger partial charge in [-0.05, 0) is 23.8 Å². The van der Waals surface area contributed by atoms with Crippen LogP contribution in [0.5, 0.6) is 0 Å². The second kappa shape index (κ2) is 6.54. The van der Waals surface area contributed by atoms with Gasteiger partial charge in [0.1, 0.15) is 0 Å².